The highest BCUT2D eigenvalue weighted by molar-refractivity contribution is 9.10. The largest absolute Gasteiger partial charge is 0.503 e. The Balaban J connectivity index is 1.80. The van der Waals surface area contributed by atoms with Crippen molar-refractivity contribution in [2.75, 3.05) is 35.0 Å². The lowest BCUT2D eigenvalue weighted by Gasteiger charge is -2.14. The van der Waals surface area contributed by atoms with E-state index in [0.717, 1.165) is 28.0 Å². The van der Waals surface area contributed by atoms with Crippen LogP contribution < -0.4 is 23.7 Å². The summed E-state index contributed by atoms with van der Waals surface area (Å²) in [6, 6.07) is 17.5. The number of methoxy groups -OCH3 is 4. The summed E-state index contributed by atoms with van der Waals surface area (Å²) in [4.78, 5) is 5.58. The number of aromatic nitrogens is 1. The molecule has 1 heterocycles. The molecule has 0 aliphatic rings. The SMILES string of the molecule is COc1cc(C=Nn2c(-c3cc(OC)c(OC)c(OC)c3)csc2=NCCc2ccccc2)cc(Br)c1O. The molecule has 4 aromatic rings. The molecule has 3 aromatic carbocycles. The van der Waals surface area contributed by atoms with Gasteiger partial charge in [0.05, 0.1) is 44.8 Å². The Morgan fingerprint density at radius 2 is 1.61 bits per heavy atom. The molecule has 38 heavy (non-hydrogen) atoms. The fraction of sp³-hybridized carbons (Fsp3) is 0.214. The lowest BCUT2D eigenvalue weighted by molar-refractivity contribution is 0.324. The number of halogens is 1. The van der Waals surface area contributed by atoms with Crippen LogP contribution in [0.1, 0.15) is 11.1 Å². The number of benzene rings is 3. The molecule has 1 aromatic heterocycles. The molecule has 8 nitrogen and oxygen atoms in total. The standard InChI is InChI=1S/C28H28BrN3O5S/c1-34-23-13-19(12-21(29)26(23)33)16-31-32-22(20-14-24(35-2)27(37-4)25(15-20)36-3)17-38-28(32)30-11-10-18-8-6-5-7-9-18/h5-9,12-17,33H,10-11H2,1-4H3. The van der Waals surface area contributed by atoms with E-state index in [9.17, 15) is 5.11 Å². The predicted molar refractivity (Wildman–Crippen MR) is 153 cm³/mol. The van der Waals surface area contributed by atoms with E-state index < -0.39 is 0 Å². The third kappa shape index (κ3) is 6.03. The topological polar surface area (TPSA) is 86.8 Å². The van der Waals surface area contributed by atoms with E-state index in [4.69, 9.17) is 29.0 Å². The number of rotatable bonds is 10. The maximum atomic E-state index is 10.2. The zero-order valence-electron chi connectivity index (χ0n) is 21.5. The van der Waals surface area contributed by atoms with Gasteiger partial charge in [-0.05, 0) is 57.7 Å². The second-order valence-corrected chi connectivity index (χ2v) is 9.74. The van der Waals surface area contributed by atoms with Crippen LogP contribution in [0.3, 0.4) is 0 Å². The van der Waals surface area contributed by atoms with Crippen LogP contribution in [-0.4, -0.2) is 51.0 Å². The van der Waals surface area contributed by atoms with Crippen molar-refractivity contribution in [2.45, 2.75) is 6.42 Å². The van der Waals surface area contributed by atoms with Gasteiger partial charge in [-0.2, -0.15) is 5.10 Å². The van der Waals surface area contributed by atoms with Crippen molar-refractivity contribution in [3.63, 3.8) is 0 Å². The Morgan fingerprint density at radius 3 is 2.24 bits per heavy atom. The van der Waals surface area contributed by atoms with E-state index in [1.165, 1.54) is 24.0 Å². The van der Waals surface area contributed by atoms with E-state index in [1.807, 2.05) is 35.7 Å². The Hall–Kier alpha value is -3.76. The lowest BCUT2D eigenvalue weighted by Crippen LogP contribution is -2.13. The second-order valence-electron chi connectivity index (χ2n) is 8.04. The molecule has 10 heteroatoms. The number of aromatic hydroxyl groups is 1. The number of phenolic OH excluding ortho intramolecular Hbond substituents is 1. The summed E-state index contributed by atoms with van der Waals surface area (Å²) >= 11 is 4.86. The van der Waals surface area contributed by atoms with Crippen LogP contribution >= 0.6 is 27.3 Å². The van der Waals surface area contributed by atoms with Crippen molar-refractivity contribution in [3.05, 3.63) is 80.4 Å². The lowest BCUT2D eigenvalue weighted by atomic mass is 10.1. The third-order valence-electron chi connectivity index (χ3n) is 5.73. The Bertz CT molecular complexity index is 1470. The summed E-state index contributed by atoms with van der Waals surface area (Å²) in [5.74, 6) is 1.96. The van der Waals surface area contributed by atoms with Gasteiger partial charge in [-0.25, -0.2) is 4.68 Å². The van der Waals surface area contributed by atoms with Crippen LogP contribution in [-0.2, 0) is 6.42 Å². The molecule has 0 amide bonds. The van der Waals surface area contributed by atoms with Crippen LogP contribution in [0.2, 0.25) is 0 Å². The first-order valence-electron chi connectivity index (χ1n) is 11.6. The highest BCUT2D eigenvalue weighted by Gasteiger charge is 2.17. The number of thiazole rings is 1. The molecule has 4 rings (SSSR count). The van der Waals surface area contributed by atoms with Crippen LogP contribution in [0.4, 0.5) is 0 Å². The van der Waals surface area contributed by atoms with Gasteiger partial charge in [0, 0.05) is 17.5 Å². The molecule has 0 saturated carbocycles. The molecular weight excluding hydrogens is 570 g/mol. The first-order valence-corrected chi connectivity index (χ1v) is 13.3. The molecule has 0 aliphatic carbocycles. The summed E-state index contributed by atoms with van der Waals surface area (Å²) in [6.07, 6.45) is 2.50. The van der Waals surface area contributed by atoms with Crippen molar-refractivity contribution in [3.8, 4) is 40.0 Å². The zero-order chi connectivity index (χ0) is 27.1. The van der Waals surface area contributed by atoms with Gasteiger partial charge >= 0.3 is 0 Å². The zero-order valence-corrected chi connectivity index (χ0v) is 23.9. The fourth-order valence-electron chi connectivity index (χ4n) is 3.82. The van der Waals surface area contributed by atoms with Gasteiger partial charge in [-0.3, -0.25) is 4.99 Å². The molecule has 0 atom stereocenters. The minimum absolute atomic E-state index is 0.0301. The average molecular weight is 599 g/mol. The Labute approximate surface area is 233 Å². The molecule has 198 valence electrons. The quantitative estimate of drug-likeness (QED) is 0.235. The molecule has 0 unspecified atom stereocenters. The van der Waals surface area contributed by atoms with E-state index in [-0.39, 0.29) is 5.75 Å². The van der Waals surface area contributed by atoms with Crippen molar-refractivity contribution in [2.24, 2.45) is 10.1 Å². The number of phenols is 1. The minimum atomic E-state index is 0.0301. The fourth-order valence-corrected chi connectivity index (χ4v) is 5.14. The van der Waals surface area contributed by atoms with Gasteiger partial charge in [0.2, 0.25) is 10.6 Å². The number of hydrogen-bond acceptors (Lipinski definition) is 8. The van der Waals surface area contributed by atoms with Crippen molar-refractivity contribution < 1.29 is 24.1 Å². The highest BCUT2D eigenvalue weighted by atomic mass is 79.9. The minimum Gasteiger partial charge on any atom is -0.503 e. The van der Waals surface area contributed by atoms with Crippen molar-refractivity contribution in [1.29, 1.82) is 0 Å². The molecule has 0 fully saturated rings. The van der Waals surface area contributed by atoms with Crippen LogP contribution in [0.25, 0.3) is 11.3 Å². The monoisotopic (exact) mass is 597 g/mol. The summed E-state index contributed by atoms with van der Waals surface area (Å²) in [7, 11) is 6.24. The number of hydrogen-bond donors (Lipinski definition) is 1. The second kappa shape index (κ2) is 12.7. The Morgan fingerprint density at radius 1 is 0.921 bits per heavy atom. The first-order chi connectivity index (χ1) is 18.5. The van der Waals surface area contributed by atoms with Gasteiger partial charge in [0.25, 0.3) is 0 Å². The highest BCUT2D eigenvalue weighted by Crippen LogP contribution is 2.41. The van der Waals surface area contributed by atoms with Gasteiger partial charge in [-0.1, -0.05) is 30.3 Å². The molecule has 0 saturated heterocycles. The van der Waals surface area contributed by atoms with E-state index in [2.05, 4.69) is 28.1 Å². The molecule has 0 spiro atoms. The van der Waals surface area contributed by atoms with Crippen LogP contribution in [0.5, 0.6) is 28.7 Å². The average Bonchev–Trinajstić information content (AvgIpc) is 3.35. The normalized spacial score (nSPS) is 11.7. The molecule has 0 radical (unpaired) electrons. The summed E-state index contributed by atoms with van der Waals surface area (Å²) in [6.45, 7) is 0.604. The molecule has 0 aliphatic heterocycles. The Kier molecular flexibility index (Phi) is 9.09. The smallest absolute Gasteiger partial charge is 0.206 e. The molecular formula is C28H28BrN3O5S. The van der Waals surface area contributed by atoms with Crippen LogP contribution in [0.15, 0.2) is 74.5 Å². The summed E-state index contributed by atoms with van der Waals surface area (Å²) in [5, 5.41) is 16.9. The third-order valence-corrected chi connectivity index (χ3v) is 7.19. The van der Waals surface area contributed by atoms with Gasteiger partial charge in [0.1, 0.15) is 0 Å². The number of ether oxygens (including phenoxy) is 4. The van der Waals surface area contributed by atoms with E-state index in [1.54, 1.807) is 44.4 Å². The number of nitrogens with zero attached hydrogens (tertiary/aromatic N) is 3. The molecule has 1 N–H and O–H groups in total. The van der Waals surface area contributed by atoms with Gasteiger partial charge < -0.3 is 24.1 Å². The maximum Gasteiger partial charge on any atom is 0.206 e. The van der Waals surface area contributed by atoms with Crippen molar-refractivity contribution >= 4 is 33.5 Å². The summed E-state index contributed by atoms with van der Waals surface area (Å²) < 4.78 is 24.2. The molecule has 0 bridgehead atoms. The van der Waals surface area contributed by atoms with Gasteiger partial charge in [-0.15, -0.1) is 11.3 Å². The van der Waals surface area contributed by atoms with E-state index >= 15 is 0 Å². The van der Waals surface area contributed by atoms with Crippen molar-refractivity contribution in [1.82, 2.24) is 4.68 Å². The van der Waals surface area contributed by atoms with E-state index in [0.29, 0.717) is 34.0 Å². The first kappa shape index (κ1) is 27.3. The van der Waals surface area contributed by atoms with Gasteiger partial charge in [0.15, 0.2) is 23.0 Å². The predicted octanol–water partition coefficient (Wildman–Crippen LogP) is 5.74. The maximum absolute atomic E-state index is 10.2. The van der Waals surface area contributed by atoms with Crippen LogP contribution in [0, 0.1) is 0 Å². The summed E-state index contributed by atoms with van der Waals surface area (Å²) in [5.41, 5.74) is 3.57.